The Labute approximate surface area is 154 Å². The van der Waals surface area contributed by atoms with Gasteiger partial charge in [0.25, 0.3) is 0 Å². The predicted molar refractivity (Wildman–Crippen MR) is 98.3 cm³/mol. The van der Waals surface area contributed by atoms with E-state index in [4.69, 9.17) is 4.74 Å². The van der Waals surface area contributed by atoms with E-state index >= 15 is 0 Å². The van der Waals surface area contributed by atoms with Crippen molar-refractivity contribution in [1.82, 2.24) is 5.32 Å². The molecule has 1 saturated heterocycles. The minimum absolute atomic E-state index is 0.0164. The number of benzene rings is 1. The number of piperidine rings is 1. The fourth-order valence-corrected chi connectivity index (χ4v) is 2.48. The number of imide groups is 1. The molecule has 2 amide bonds. The molecule has 2 rings (SSSR count). The first-order valence-electron chi connectivity index (χ1n) is 8.78. The summed E-state index contributed by atoms with van der Waals surface area (Å²) in [5.74, 6) is -0.0369. The van der Waals surface area contributed by atoms with Gasteiger partial charge in [-0.2, -0.15) is 0 Å². The average Bonchev–Trinajstić information content (AvgIpc) is 2.63. The lowest BCUT2D eigenvalue weighted by Crippen LogP contribution is -2.39. The van der Waals surface area contributed by atoms with E-state index in [1.807, 2.05) is 20.8 Å². The molecule has 0 spiro atoms. The van der Waals surface area contributed by atoms with E-state index in [2.05, 4.69) is 5.32 Å². The number of Topliss-reactive ketones (excluding diaryl/α,β-unsaturated/α-hetero) is 2. The van der Waals surface area contributed by atoms with Crippen LogP contribution in [0.4, 0.5) is 0 Å². The van der Waals surface area contributed by atoms with Crippen LogP contribution in [0.2, 0.25) is 0 Å². The van der Waals surface area contributed by atoms with Gasteiger partial charge in [-0.25, -0.2) is 0 Å². The largest absolute Gasteiger partial charge is 0.496 e. The molecule has 1 aliphatic rings. The summed E-state index contributed by atoms with van der Waals surface area (Å²) in [6, 6.07) is 5.10. The van der Waals surface area contributed by atoms with Crippen LogP contribution in [0.25, 0.3) is 0 Å². The maximum atomic E-state index is 12.2. The van der Waals surface area contributed by atoms with E-state index in [0.717, 1.165) is 6.42 Å². The van der Waals surface area contributed by atoms with Crippen LogP contribution in [-0.2, 0) is 9.59 Å². The van der Waals surface area contributed by atoms with Crippen LogP contribution in [0.1, 0.15) is 67.7 Å². The number of ether oxygens (including phenoxy) is 1. The van der Waals surface area contributed by atoms with E-state index in [1.165, 1.54) is 14.0 Å². The third-order valence-corrected chi connectivity index (χ3v) is 4.45. The van der Waals surface area contributed by atoms with Crippen molar-refractivity contribution in [3.63, 3.8) is 0 Å². The third-order valence-electron chi connectivity index (χ3n) is 4.45. The minimum Gasteiger partial charge on any atom is -0.496 e. The lowest BCUT2D eigenvalue weighted by Gasteiger charge is -2.15. The molecular formula is C20H27NO5. The van der Waals surface area contributed by atoms with Crippen molar-refractivity contribution in [2.45, 2.75) is 47.0 Å². The zero-order valence-electron chi connectivity index (χ0n) is 16.0. The number of hydrogen-bond donors (Lipinski definition) is 1. The van der Waals surface area contributed by atoms with Crippen LogP contribution in [0.5, 0.6) is 5.75 Å². The topological polar surface area (TPSA) is 89.5 Å². The van der Waals surface area contributed by atoms with Gasteiger partial charge in [0.05, 0.1) is 12.7 Å². The number of ketones is 2. The molecule has 0 bridgehead atoms. The maximum Gasteiger partial charge on any atom is 0.229 e. The second-order valence-corrected chi connectivity index (χ2v) is 6.46. The fraction of sp³-hybridized carbons (Fsp3) is 0.500. The van der Waals surface area contributed by atoms with Crippen LogP contribution >= 0.6 is 0 Å². The highest BCUT2D eigenvalue weighted by Gasteiger charge is 2.23. The summed E-state index contributed by atoms with van der Waals surface area (Å²) in [5, 5.41) is 2.25. The van der Waals surface area contributed by atoms with Crippen molar-refractivity contribution in [2.75, 3.05) is 7.11 Å². The van der Waals surface area contributed by atoms with Crippen molar-refractivity contribution in [3.8, 4) is 5.75 Å². The summed E-state index contributed by atoms with van der Waals surface area (Å²) >= 11 is 0. The van der Waals surface area contributed by atoms with E-state index in [1.54, 1.807) is 18.2 Å². The van der Waals surface area contributed by atoms with Gasteiger partial charge >= 0.3 is 0 Å². The number of rotatable bonds is 5. The quantitative estimate of drug-likeness (QED) is 0.642. The molecule has 0 saturated carbocycles. The molecule has 0 radical (unpaired) electrons. The first-order chi connectivity index (χ1) is 12.2. The number of hydrogen-bond acceptors (Lipinski definition) is 5. The summed E-state index contributed by atoms with van der Waals surface area (Å²) in [6.07, 6.45) is 1.94. The smallest absolute Gasteiger partial charge is 0.229 e. The Morgan fingerprint density at radius 3 is 2.42 bits per heavy atom. The molecule has 2 atom stereocenters. The molecule has 0 aliphatic carbocycles. The fourth-order valence-electron chi connectivity index (χ4n) is 2.48. The van der Waals surface area contributed by atoms with E-state index in [0.29, 0.717) is 29.7 Å². The summed E-state index contributed by atoms with van der Waals surface area (Å²) in [7, 11) is 1.51. The third kappa shape index (κ3) is 5.51. The second kappa shape index (κ2) is 9.85. The highest BCUT2D eigenvalue weighted by Crippen LogP contribution is 2.26. The molecule has 0 aromatic heterocycles. The van der Waals surface area contributed by atoms with Crippen molar-refractivity contribution >= 4 is 23.4 Å². The summed E-state index contributed by atoms with van der Waals surface area (Å²) in [5.41, 5.74) is 0.853. The average molecular weight is 361 g/mol. The van der Waals surface area contributed by atoms with Crippen molar-refractivity contribution in [1.29, 1.82) is 0 Å². The van der Waals surface area contributed by atoms with Crippen LogP contribution in [0.15, 0.2) is 18.2 Å². The molecule has 142 valence electrons. The molecular weight excluding hydrogens is 334 g/mol. The van der Waals surface area contributed by atoms with Crippen LogP contribution in [-0.4, -0.2) is 30.5 Å². The number of amides is 2. The van der Waals surface area contributed by atoms with Gasteiger partial charge in [0.1, 0.15) is 5.75 Å². The molecule has 1 aromatic rings. The first-order valence-corrected chi connectivity index (χ1v) is 8.78. The van der Waals surface area contributed by atoms with Gasteiger partial charge in [0.2, 0.25) is 11.8 Å². The lowest BCUT2D eigenvalue weighted by molar-refractivity contribution is -0.135. The Bertz CT molecular complexity index is 695. The molecule has 1 unspecified atom stereocenters. The van der Waals surface area contributed by atoms with E-state index in [-0.39, 0.29) is 35.2 Å². The van der Waals surface area contributed by atoms with Gasteiger partial charge in [-0.15, -0.1) is 0 Å². The normalized spacial score (nSPS) is 17.5. The van der Waals surface area contributed by atoms with Crippen LogP contribution in [0, 0.1) is 11.8 Å². The SMILES string of the molecule is CC1CCC(=O)NC1=O.CC[C@@H](C)C(=O)c1c(OC)cccc1C(C)=O. The molecule has 1 fully saturated rings. The Hall–Kier alpha value is -2.50. The van der Waals surface area contributed by atoms with Crippen LogP contribution in [0.3, 0.4) is 0 Å². The first kappa shape index (κ1) is 21.5. The molecule has 6 heteroatoms. The summed E-state index contributed by atoms with van der Waals surface area (Å²) < 4.78 is 5.18. The van der Waals surface area contributed by atoms with Gasteiger partial charge in [-0.3, -0.25) is 24.5 Å². The summed E-state index contributed by atoms with van der Waals surface area (Å²) in [4.78, 5) is 45.0. The van der Waals surface area contributed by atoms with Gasteiger partial charge in [0, 0.05) is 23.8 Å². The highest BCUT2D eigenvalue weighted by molar-refractivity contribution is 6.10. The molecule has 1 aliphatic heterocycles. The number of nitrogens with one attached hydrogen (secondary N) is 1. The molecule has 26 heavy (non-hydrogen) atoms. The standard InChI is InChI=1S/C14H18O3.C6H9NO2/c1-5-9(2)14(16)13-11(10(3)15)7-6-8-12(13)17-4;1-4-2-3-5(8)7-6(4)9/h6-9H,5H2,1-4H3;4H,2-3H2,1H3,(H,7,8,9)/t9-;/m1./s1. The number of methoxy groups -OCH3 is 1. The zero-order chi connectivity index (χ0) is 19.9. The molecule has 1 heterocycles. The van der Waals surface area contributed by atoms with Crippen molar-refractivity contribution in [3.05, 3.63) is 29.3 Å². The zero-order valence-corrected chi connectivity index (χ0v) is 16.0. The molecule has 6 nitrogen and oxygen atoms in total. The molecule has 1 N–H and O–H groups in total. The van der Waals surface area contributed by atoms with E-state index < -0.39 is 0 Å². The Morgan fingerprint density at radius 2 is 1.96 bits per heavy atom. The monoisotopic (exact) mass is 361 g/mol. The maximum absolute atomic E-state index is 12.2. The number of carbonyl (C=O) groups excluding carboxylic acids is 4. The lowest BCUT2D eigenvalue weighted by atomic mass is 9.91. The van der Waals surface area contributed by atoms with Gasteiger partial charge in [-0.05, 0) is 25.8 Å². The Balaban J connectivity index is 0.000000314. The van der Waals surface area contributed by atoms with E-state index in [9.17, 15) is 19.2 Å². The van der Waals surface area contributed by atoms with Gasteiger partial charge in [0.15, 0.2) is 11.6 Å². The predicted octanol–water partition coefficient (Wildman–Crippen LogP) is 3.19. The van der Waals surface area contributed by atoms with Crippen molar-refractivity contribution < 1.29 is 23.9 Å². The van der Waals surface area contributed by atoms with Gasteiger partial charge < -0.3 is 4.74 Å². The molecule has 1 aromatic carbocycles. The Kier molecular flexibility index (Phi) is 8.16. The highest BCUT2D eigenvalue weighted by atomic mass is 16.5. The van der Waals surface area contributed by atoms with Gasteiger partial charge in [-0.1, -0.05) is 32.9 Å². The second-order valence-electron chi connectivity index (χ2n) is 6.46. The number of carbonyl (C=O) groups is 4. The van der Waals surface area contributed by atoms with Crippen LogP contribution < -0.4 is 10.1 Å². The Morgan fingerprint density at radius 1 is 1.31 bits per heavy atom. The van der Waals surface area contributed by atoms with Crippen molar-refractivity contribution in [2.24, 2.45) is 11.8 Å². The minimum atomic E-state index is -0.141. The summed E-state index contributed by atoms with van der Waals surface area (Å²) in [6.45, 7) is 7.09.